The molecule has 2 rings (SSSR count). The van der Waals surface area contributed by atoms with Crippen LogP contribution in [0.3, 0.4) is 0 Å². The van der Waals surface area contributed by atoms with Crippen LogP contribution in [0.1, 0.15) is 31.9 Å². The molecule has 0 aliphatic rings. The highest BCUT2D eigenvalue weighted by Crippen LogP contribution is 2.24. The van der Waals surface area contributed by atoms with Crippen LogP contribution < -0.4 is 5.32 Å². The van der Waals surface area contributed by atoms with Crippen LogP contribution in [-0.4, -0.2) is 17.5 Å². The lowest BCUT2D eigenvalue weighted by Gasteiger charge is -2.17. The molecule has 0 saturated carbocycles. The Hall–Kier alpha value is -2.66. The molecular weight excluding hydrogens is 406 g/mol. The predicted octanol–water partition coefficient (Wildman–Crippen LogP) is 5.46. The summed E-state index contributed by atoms with van der Waals surface area (Å²) in [5.74, 6) is -0.658. The first-order valence-corrected chi connectivity index (χ1v) is 9.27. The highest BCUT2D eigenvalue weighted by Gasteiger charge is 2.13. The number of ether oxygens (including phenoxy) is 1. The minimum Gasteiger partial charge on any atom is -0.457 e. The molecule has 27 heavy (non-hydrogen) atoms. The number of anilines is 1. The molecule has 0 atom stereocenters. The van der Waals surface area contributed by atoms with Gasteiger partial charge < -0.3 is 10.1 Å². The normalized spacial score (nSPS) is 11.7. The van der Waals surface area contributed by atoms with Gasteiger partial charge in [-0.15, -0.1) is 0 Å². The monoisotopic (exact) mass is 427 g/mol. The molecule has 2 aromatic carbocycles. The van der Waals surface area contributed by atoms with E-state index in [1.54, 1.807) is 18.2 Å². The van der Waals surface area contributed by atoms with E-state index in [1.807, 2.05) is 63.2 Å². The average molecular weight is 428 g/mol. The lowest BCUT2D eigenvalue weighted by Crippen LogP contribution is -2.22. The SMILES string of the molecule is CC(C)(C)OC(=O)/C=C/c1ccc(Br)c(NC(=O)/C=C/c2ccccc2)c1. The number of hydrogen-bond acceptors (Lipinski definition) is 3. The third-order valence-corrected chi connectivity index (χ3v) is 3.99. The van der Waals surface area contributed by atoms with E-state index in [4.69, 9.17) is 4.74 Å². The van der Waals surface area contributed by atoms with Crippen LogP contribution in [0.5, 0.6) is 0 Å². The summed E-state index contributed by atoms with van der Waals surface area (Å²) in [5, 5.41) is 2.82. The Balaban J connectivity index is 2.05. The topological polar surface area (TPSA) is 55.4 Å². The summed E-state index contributed by atoms with van der Waals surface area (Å²) in [6.45, 7) is 5.44. The highest BCUT2D eigenvalue weighted by atomic mass is 79.9. The third-order valence-electron chi connectivity index (χ3n) is 3.29. The molecule has 1 N–H and O–H groups in total. The third kappa shape index (κ3) is 7.62. The molecule has 140 valence electrons. The summed E-state index contributed by atoms with van der Waals surface area (Å²) < 4.78 is 5.99. The Bertz CT molecular complexity index is 865. The van der Waals surface area contributed by atoms with E-state index >= 15 is 0 Å². The number of carbonyl (C=O) groups excluding carboxylic acids is 2. The molecule has 0 aromatic heterocycles. The van der Waals surface area contributed by atoms with Crippen molar-refractivity contribution in [3.8, 4) is 0 Å². The quantitative estimate of drug-likeness (QED) is 0.509. The van der Waals surface area contributed by atoms with E-state index in [0.717, 1.165) is 15.6 Å². The molecule has 0 heterocycles. The van der Waals surface area contributed by atoms with Gasteiger partial charge in [0.05, 0.1) is 5.69 Å². The van der Waals surface area contributed by atoms with Gasteiger partial charge in [-0.1, -0.05) is 36.4 Å². The van der Waals surface area contributed by atoms with Crippen LogP contribution in [-0.2, 0) is 14.3 Å². The van der Waals surface area contributed by atoms with Crippen molar-refractivity contribution in [3.63, 3.8) is 0 Å². The fourth-order valence-electron chi connectivity index (χ4n) is 2.15. The Labute approximate surface area is 168 Å². The Morgan fingerprint density at radius 2 is 1.63 bits per heavy atom. The maximum Gasteiger partial charge on any atom is 0.331 e. The van der Waals surface area contributed by atoms with E-state index < -0.39 is 11.6 Å². The maximum atomic E-state index is 12.2. The molecule has 2 aromatic rings. The molecule has 5 heteroatoms. The van der Waals surface area contributed by atoms with Crippen LogP contribution >= 0.6 is 15.9 Å². The van der Waals surface area contributed by atoms with Crippen LogP contribution in [0.25, 0.3) is 12.2 Å². The largest absolute Gasteiger partial charge is 0.457 e. The molecule has 4 nitrogen and oxygen atoms in total. The molecule has 0 fully saturated rings. The molecule has 0 unspecified atom stereocenters. The van der Waals surface area contributed by atoms with E-state index in [0.29, 0.717) is 5.69 Å². The van der Waals surface area contributed by atoms with Gasteiger partial charge in [0.25, 0.3) is 0 Å². The fourth-order valence-corrected chi connectivity index (χ4v) is 2.50. The summed E-state index contributed by atoms with van der Waals surface area (Å²) >= 11 is 3.42. The Kier molecular flexibility index (Phi) is 7.13. The minimum atomic E-state index is -0.536. The second-order valence-electron chi connectivity index (χ2n) is 6.84. The van der Waals surface area contributed by atoms with Gasteiger partial charge >= 0.3 is 5.97 Å². The number of halogens is 1. The summed E-state index contributed by atoms with van der Waals surface area (Å²) in [4.78, 5) is 23.9. The van der Waals surface area contributed by atoms with Gasteiger partial charge in [-0.3, -0.25) is 4.79 Å². The second kappa shape index (κ2) is 9.33. The van der Waals surface area contributed by atoms with Gasteiger partial charge in [0, 0.05) is 16.6 Å². The lowest BCUT2D eigenvalue weighted by molar-refractivity contribution is -0.148. The molecular formula is C22H22BrNO3. The van der Waals surface area contributed by atoms with Gasteiger partial charge in [0.1, 0.15) is 5.60 Å². The van der Waals surface area contributed by atoms with Crippen molar-refractivity contribution in [2.75, 3.05) is 5.32 Å². The highest BCUT2D eigenvalue weighted by molar-refractivity contribution is 9.10. The Morgan fingerprint density at radius 3 is 2.30 bits per heavy atom. The molecule has 0 saturated heterocycles. The van der Waals surface area contributed by atoms with Crippen molar-refractivity contribution in [3.05, 3.63) is 76.3 Å². The smallest absolute Gasteiger partial charge is 0.331 e. The standard InChI is InChI=1S/C22H22BrNO3/c1-22(2,3)27-21(26)14-11-17-9-12-18(23)19(15-17)24-20(25)13-10-16-7-5-4-6-8-16/h4-15H,1-3H3,(H,24,25)/b13-10+,14-11+. The van der Waals surface area contributed by atoms with Crippen molar-refractivity contribution in [1.82, 2.24) is 0 Å². The summed E-state index contributed by atoms with van der Waals surface area (Å²) in [6.07, 6.45) is 6.24. The summed E-state index contributed by atoms with van der Waals surface area (Å²) in [6, 6.07) is 15.0. The number of rotatable bonds is 5. The van der Waals surface area contributed by atoms with Crippen molar-refractivity contribution in [1.29, 1.82) is 0 Å². The summed E-state index contributed by atoms with van der Waals surface area (Å²) in [7, 11) is 0. The molecule has 0 aliphatic carbocycles. The van der Waals surface area contributed by atoms with E-state index in [-0.39, 0.29) is 5.91 Å². The average Bonchev–Trinajstić information content (AvgIpc) is 2.60. The number of esters is 1. The molecule has 0 spiro atoms. The molecule has 1 amide bonds. The second-order valence-corrected chi connectivity index (χ2v) is 7.69. The lowest BCUT2D eigenvalue weighted by atomic mass is 10.1. The van der Waals surface area contributed by atoms with Crippen molar-refractivity contribution in [2.45, 2.75) is 26.4 Å². The number of carbonyl (C=O) groups is 2. The van der Waals surface area contributed by atoms with E-state index in [9.17, 15) is 9.59 Å². The van der Waals surface area contributed by atoms with E-state index in [2.05, 4.69) is 21.2 Å². The first-order chi connectivity index (χ1) is 12.7. The van der Waals surface area contributed by atoms with Crippen LogP contribution in [0, 0.1) is 0 Å². The van der Waals surface area contributed by atoms with Gasteiger partial charge in [-0.25, -0.2) is 4.79 Å². The van der Waals surface area contributed by atoms with Gasteiger partial charge in [-0.05, 0) is 72.1 Å². The van der Waals surface area contributed by atoms with Crippen molar-refractivity contribution < 1.29 is 14.3 Å². The van der Waals surface area contributed by atoms with Crippen molar-refractivity contribution >= 4 is 45.6 Å². The minimum absolute atomic E-state index is 0.243. The number of nitrogens with one attached hydrogen (secondary N) is 1. The number of hydrogen-bond donors (Lipinski definition) is 1. The zero-order chi connectivity index (χ0) is 19.9. The van der Waals surface area contributed by atoms with Crippen LogP contribution in [0.2, 0.25) is 0 Å². The predicted molar refractivity (Wildman–Crippen MR) is 113 cm³/mol. The molecule has 0 aliphatic heterocycles. The zero-order valence-corrected chi connectivity index (χ0v) is 17.1. The first kappa shape index (κ1) is 20.6. The first-order valence-electron chi connectivity index (χ1n) is 8.48. The van der Waals surface area contributed by atoms with Gasteiger partial charge in [0.2, 0.25) is 5.91 Å². The fraction of sp³-hybridized carbons (Fsp3) is 0.182. The zero-order valence-electron chi connectivity index (χ0n) is 15.5. The number of amides is 1. The maximum absolute atomic E-state index is 12.2. The summed E-state index contributed by atoms with van der Waals surface area (Å²) in [5.41, 5.74) is 1.79. The van der Waals surface area contributed by atoms with Crippen LogP contribution in [0.4, 0.5) is 5.69 Å². The number of benzene rings is 2. The van der Waals surface area contributed by atoms with Crippen molar-refractivity contribution in [2.24, 2.45) is 0 Å². The van der Waals surface area contributed by atoms with Crippen LogP contribution in [0.15, 0.2) is 65.2 Å². The molecule has 0 radical (unpaired) electrons. The molecule has 0 bridgehead atoms. The van der Waals surface area contributed by atoms with E-state index in [1.165, 1.54) is 12.2 Å². The Morgan fingerprint density at radius 1 is 0.963 bits per heavy atom. The van der Waals surface area contributed by atoms with Gasteiger partial charge in [-0.2, -0.15) is 0 Å². The van der Waals surface area contributed by atoms with Gasteiger partial charge in [0.15, 0.2) is 0 Å².